The van der Waals surface area contributed by atoms with Crippen molar-refractivity contribution in [1.82, 2.24) is 9.88 Å². The van der Waals surface area contributed by atoms with E-state index in [9.17, 15) is 9.18 Å². The quantitative estimate of drug-likeness (QED) is 0.759. The average Bonchev–Trinajstić information content (AvgIpc) is 2.62. The largest absolute Gasteiger partial charge is 0.354 e. The first-order valence-electron chi connectivity index (χ1n) is 7.90. The summed E-state index contributed by atoms with van der Waals surface area (Å²) in [6, 6.07) is 19.4. The Kier molecular flexibility index (Phi) is 5.04. The van der Waals surface area contributed by atoms with Crippen molar-refractivity contribution in [2.75, 3.05) is 12.4 Å². The van der Waals surface area contributed by atoms with Gasteiger partial charge in [0.05, 0.1) is 11.9 Å². The summed E-state index contributed by atoms with van der Waals surface area (Å²) in [6.07, 6.45) is 1.56. The molecule has 0 saturated heterocycles. The molecular formula is C20H18FN3O. The average molecular weight is 335 g/mol. The van der Waals surface area contributed by atoms with Crippen LogP contribution < -0.4 is 5.32 Å². The SMILES string of the molecule is CN(Cc1ccccc1)C(=O)c1ccc(Nc2cccc(F)c2)cn1. The maximum Gasteiger partial charge on any atom is 0.272 e. The summed E-state index contributed by atoms with van der Waals surface area (Å²) < 4.78 is 13.2. The molecule has 1 aromatic heterocycles. The summed E-state index contributed by atoms with van der Waals surface area (Å²) >= 11 is 0. The zero-order valence-electron chi connectivity index (χ0n) is 13.8. The molecule has 25 heavy (non-hydrogen) atoms. The third-order valence-corrected chi connectivity index (χ3v) is 3.71. The number of rotatable bonds is 5. The van der Waals surface area contributed by atoms with Crippen LogP contribution in [-0.4, -0.2) is 22.8 Å². The van der Waals surface area contributed by atoms with Crippen molar-refractivity contribution in [3.63, 3.8) is 0 Å². The van der Waals surface area contributed by atoms with Gasteiger partial charge in [0.25, 0.3) is 5.91 Å². The molecule has 3 aromatic rings. The molecule has 4 nitrogen and oxygen atoms in total. The van der Waals surface area contributed by atoms with E-state index < -0.39 is 0 Å². The molecule has 0 aliphatic heterocycles. The van der Waals surface area contributed by atoms with Crippen LogP contribution >= 0.6 is 0 Å². The highest BCUT2D eigenvalue weighted by Crippen LogP contribution is 2.17. The molecule has 0 atom stereocenters. The number of hydrogen-bond acceptors (Lipinski definition) is 3. The van der Waals surface area contributed by atoms with Gasteiger partial charge in [0.2, 0.25) is 0 Å². The number of carbonyl (C=O) groups is 1. The summed E-state index contributed by atoms with van der Waals surface area (Å²) in [5.74, 6) is -0.464. The molecule has 0 unspecified atom stereocenters. The highest BCUT2D eigenvalue weighted by Gasteiger charge is 2.13. The molecule has 5 heteroatoms. The van der Waals surface area contributed by atoms with Crippen molar-refractivity contribution >= 4 is 17.3 Å². The second kappa shape index (κ2) is 7.57. The van der Waals surface area contributed by atoms with E-state index in [1.165, 1.54) is 12.1 Å². The normalized spacial score (nSPS) is 10.3. The summed E-state index contributed by atoms with van der Waals surface area (Å²) in [4.78, 5) is 18.3. The van der Waals surface area contributed by atoms with E-state index in [4.69, 9.17) is 0 Å². The van der Waals surface area contributed by atoms with Crippen LogP contribution in [0.15, 0.2) is 72.9 Å². The van der Waals surface area contributed by atoms with Crippen molar-refractivity contribution in [2.45, 2.75) is 6.54 Å². The van der Waals surface area contributed by atoms with Gasteiger partial charge in [-0.1, -0.05) is 36.4 Å². The Hall–Kier alpha value is -3.21. The topological polar surface area (TPSA) is 45.2 Å². The number of anilines is 2. The zero-order valence-corrected chi connectivity index (χ0v) is 13.8. The van der Waals surface area contributed by atoms with Gasteiger partial charge in [-0.2, -0.15) is 0 Å². The van der Waals surface area contributed by atoms with Crippen LogP contribution in [-0.2, 0) is 6.54 Å². The number of aromatic nitrogens is 1. The van der Waals surface area contributed by atoms with E-state index in [0.717, 1.165) is 5.56 Å². The molecule has 2 aromatic carbocycles. The Morgan fingerprint density at radius 1 is 1.04 bits per heavy atom. The second-order valence-corrected chi connectivity index (χ2v) is 5.71. The molecule has 0 bridgehead atoms. The Labute approximate surface area is 145 Å². The fourth-order valence-corrected chi connectivity index (χ4v) is 2.45. The first kappa shape index (κ1) is 16.6. The van der Waals surface area contributed by atoms with E-state index in [1.807, 2.05) is 30.3 Å². The monoisotopic (exact) mass is 335 g/mol. The van der Waals surface area contributed by atoms with E-state index in [2.05, 4.69) is 10.3 Å². The van der Waals surface area contributed by atoms with Gasteiger partial charge in [0.15, 0.2) is 0 Å². The fraction of sp³-hybridized carbons (Fsp3) is 0.100. The molecule has 0 fully saturated rings. The molecule has 0 aliphatic carbocycles. The maximum absolute atomic E-state index is 13.2. The van der Waals surface area contributed by atoms with Crippen LogP contribution in [0, 0.1) is 5.82 Å². The van der Waals surface area contributed by atoms with Crippen LogP contribution in [0.2, 0.25) is 0 Å². The van der Waals surface area contributed by atoms with Gasteiger partial charge in [0, 0.05) is 19.3 Å². The minimum Gasteiger partial charge on any atom is -0.354 e. The summed E-state index contributed by atoms with van der Waals surface area (Å²) in [5.41, 5.74) is 2.74. The molecule has 0 radical (unpaired) electrons. The molecule has 1 amide bonds. The van der Waals surface area contributed by atoms with Gasteiger partial charge in [-0.05, 0) is 35.9 Å². The molecule has 3 rings (SSSR count). The van der Waals surface area contributed by atoms with Crippen molar-refractivity contribution < 1.29 is 9.18 Å². The number of benzene rings is 2. The van der Waals surface area contributed by atoms with Crippen molar-refractivity contribution in [2.24, 2.45) is 0 Å². The van der Waals surface area contributed by atoms with Gasteiger partial charge in [-0.15, -0.1) is 0 Å². The van der Waals surface area contributed by atoms with Crippen LogP contribution in [0.25, 0.3) is 0 Å². The number of nitrogens with one attached hydrogen (secondary N) is 1. The molecule has 126 valence electrons. The molecule has 0 spiro atoms. The van der Waals surface area contributed by atoms with Crippen molar-refractivity contribution in [3.8, 4) is 0 Å². The number of nitrogens with zero attached hydrogens (tertiary/aromatic N) is 2. The highest BCUT2D eigenvalue weighted by atomic mass is 19.1. The number of hydrogen-bond donors (Lipinski definition) is 1. The number of halogens is 1. The van der Waals surface area contributed by atoms with Gasteiger partial charge in [-0.3, -0.25) is 4.79 Å². The molecule has 0 aliphatic rings. The smallest absolute Gasteiger partial charge is 0.272 e. The molecule has 1 N–H and O–H groups in total. The van der Waals surface area contributed by atoms with Crippen LogP contribution in [0.3, 0.4) is 0 Å². The fourth-order valence-electron chi connectivity index (χ4n) is 2.45. The number of pyridine rings is 1. The lowest BCUT2D eigenvalue weighted by molar-refractivity contribution is 0.0779. The minimum absolute atomic E-state index is 0.152. The van der Waals surface area contributed by atoms with Gasteiger partial charge < -0.3 is 10.2 Å². The van der Waals surface area contributed by atoms with E-state index in [-0.39, 0.29) is 11.7 Å². The lowest BCUT2D eigenvalue weighted by atomic mass is 10.2. The van der Waals surface area contributed by atoms with Gasteiger partial charge >= 0.3 is 0 Å². The summed E-state index contributed by atoms with van der Waals surface area (Å²) in [7, 11) is 1.75. The minimum atomic E-state index is -0.313. The first-order chi connectivity index (χ1) is 12.1. The Morgan fingerprint density at radius 2 is 1.84 bits per heavy atom. The summed E-state index contributed by atoms with van der Waals surface area (Å²) in [6.45, 7) is 0.518. The van der Waals surface area contributed by atoms with Crippen LogP contribution in [0.5, 0.6) is 0 Å². The third-order valence-electron chi connectivity index (χ3n) is 3.71. The second-order valence-electron chi connectivity index (χ2n) is 5.71. The van der Waals surface area contributed by atoms with Crippen LogP contribution in [0.1, 0.15) is 16.1 Å². The predicted molar refractivity (Wildman–Crippen MR) is 96.2 cm³/mol. The Bertz CT molecular complexity index is 850. The standard InChI is InChI=1S/C20H18FN3O/c1-24(14-15-6-3-2-4-7-15)20(25)19-11-10-18(13-22-19)23-17-9-5-8-16(21)12-17/h2-13,23H,14H2,1H3. The van der Waals surface area contributed by atoms with Crippen LogP contribution in [0.4, 0.5) is 15.8 Å². The Balaban J connectivity index is 1.66. The highest BCUT2D eigenvalue weighted by molar-refractivity contribution is 5.92. The van der Waals surface area contributed by atoms with Gasteiger partial charge in [0.1, 0.15) is 11.5 Å². The third kappa shape index (κ3) is 4.41. The number of carbonyl (C=O) groups excluding carboxylic acids is 1. The lowest BCUT2D eigenvalue weighted by Crippen LogP contribution is -2.26. The van der Waals surface area contributed by atoms with E-state index in [1.54, 1.807) is 42.4 Å². The Morgan fingerprint density at radius 3 is 2.52 bits per heavy atom. The number of amides is 1. The van der Waals surface area contributed by atoms with E-state index in [0.29, 0.717) is 23.6 Å². The van der Waals surface area contributed by atoms with Crippen molar-refractivity contribution in [1.29, 1.82) is 0 Å². The zero-order chi connectivity index (χ0) is 17.6. The molecular weight excluding hydrogens is 317 g/mol. The molecule has 1 heterocycles. The first-order valence-corrected chi connectivity index (χ1v) is 7.90. The van der Waals surface area contributed by atoms with Crippen molar-refractivity contribution in [3.05, 3.63) is 90.0 Å². The molecule has 0 saturated carbocycles. The summed E-state index contributed by atoms with van der Waals surface area (Å²) in [5, 5.41) is 3.05. The predicted octanol–water partition coefficient (Wildman–Crippen LogP) is 4.24. The maximum atomic E-state index is 13.2. The van der Waals surface area contributed by atoms with E-state index >= 15 is 0 Å². The van der Waals surface area contributed by atoms with Gasteiger partial charge in [-0.25, -0.2) is 9.37 Å². The lowest BCUT2D eigenvalue weighted by Gasteiger charge is -2.17.